The molecule has 0 saturated carbocycles. The van der Waals surface area contributed by atoms with Crippen molar-refractivity contribution in [3.8, 4) is 0 Å². The van der Waals surface area contributed by atoms with E-state index in [9.17, 15) is 9.59 Å². The number of nitrogens with zero attached hydrogens (tertiary/aromatic N) is 2. The Balaban J connectivity index is 2.65. The minimum atomic E-state index is -0.301. The summed E-state index contributed by atoms with van der Waals surface area (Å²) in [5, 5.41) is 0. The molecule has 0 spiro atoms. The van der Waals surface area contributed by atoms with Crippen molar-refractivity contribution in [2.45, 2.75) is 45.7 Å². The second-order valence-corrected chi connectivity index (χ2v) is 5.05. The number of likely N-dealkylation sites (tertiary alicyclic amines) is 1. The van der Waals surface area contributed by atoms with Gasteiger partial charge in [-0.25, -0.2) is 0 Å². The molecule has 1 rings (SSSR count). The van der Waals surface area contributed by atoms with Crippen LogP contribution in [-0.4, -0.2) is 60.5 Å². The van der Waals surface area contributed by atoms with Gasteiger partial charge < -0.3 is 9.64 Å². The van der Waals surface area contributed by atoms with Crippen LogP contribution in [0.2, 0.25) is 0 Å². The van der Waals surface area contributed by atoms with Gasteiger partial charge in [0.1, 0.15) is 0 Å². The second kappa shape index (κ2) is 6.73. The fourth-order valence-electron chi connectivity index (χ4n) is 2.32. The van der Waals surface area contributed by atoms with Gasteiger partial charge in [0.25, 0.3) is 0 Å². The van der Waals surface area contributed by atoms with Gasteiger partial charge in [-0.05, 0) is 33.6 Å². The molecular formula is C13H24N2O3. The molecule has 0 aromatic rings. The standard InChI is InChI=1S/C13H24N2O3/c1-10(2)15(9-12(16)18-4)11(3)13(17)14-7-5-6-8-14/h10-11H,5-9H2,1-4H3. The molecule has 1 saturated heterocycles. The van der Waals surface area contributed by atoms with E-state index in [2.05, 4.69) is 4.74 Å². The number of methoxy groups -OCH3 is 1. The minimum absolute atomic E-state index is 0.116. The molecule has 0 bridgehead atoms. The van der Waals surface area contributed by atoms with Crippen molar-refractivity contribution in [1.82, 2.24) is 9.80 Å². The average molecular weight is 256 g/mol. The molecule has 0 aliphatic carbocycles. The van der Waals surface area contributed by atoms with Gasteiger partial charge in [-0.15, -0.1) is 0 Å². The first-order valence-electron chi connectivity index (χ1n) is 6.58. The Bertz CT molecular complexity index is 299. The summed E-state index contributed by atoms with van der Waals surface area (Å²) in [5.41, 5.74) is 0. The largest absolute Gasteiger partial charge is 0.468 e. The number of hydrogen-bond donors (Lipinski definition) is 0. The minimum Gasteiger partial charge on any atom is -0.468 e. The summed E-state index contributed by atoms with van der Waals surface area (Å²) in [6.45, 7) is 7.67. The lowest BCUT2D eigenvalue weighted by atomic mass is 10.2. The van der Waals surface area contributed by atoms with Crippen molar-refractivity contribution in [3.05, 3.63) is 0 Å². The zero-order valence-electron chi connectivity index (χ0n) is 11.8. The molecule has 0 aromatic heterocycles. The molecule has 1 aliphatic rings. The first-order chi connectivity index (χ1) is 8.47. The smallest absolute Gasteiger partial charge is 0.319 e. The van der Waals surface area contributed by atoms with Gasteiger partial charge >= 0.3 is 5.97 Å². The lowest BCUT2D eigenvalue weighted by Gasteiger charge is -2.33. The molecule has 0 N–H and O–H groups in total. The number of amides is 1. The van der Waals surface area contributed by atoms with Crippen molar-refractivity contribution in [2.24, 2.45) is 0 Å². The van der Waals surface area contributed by atoms with Crippen LogP contribution in [0.25, 0.3) is 0 Å². The molecule has 0 radical (unpaired) electrons. The van der Waals surface area contributed by atoms with E-state index in [4.69, 9.17) is 0 Å². The Morgan fingerprint density at radius 1 is 1.22 bits per heavy atom. The monoisotopic (exact) mass is 256 g/mol. The molecule has 1 atom stereocenters. The first kappa shape index (κ1) is 15.0. The van der Waals surface area contributed by atoms with Crippen LogP contribution in [0.1, 0.15) is 33.6 Å². The summed E-state index contributed by atoms with van der Waals surface area (Å²) < 4.78 is 4.68. The average Bonchev–Trinajstić information content (AvgIpc) is 2.87. The van der Waals surface area contributed by atoms with Gasteiger partial charge in [-0.3, -0.25) is 14.5 Å². The maximum Gasteiger partial charge on any atom is 0.319 e. The summed E-state index contributed by atoms with van der Waals surface area (Å²) in [6.07, 6.45) is 2.16. The third-order valence-electron chi connectivity index (χ3n) is 3.48. The van der Waals surface area contributed by atoms with Crippen LogP contribution in [0.3, 0.4) is 0 Å². The summed E-state index contributed by atoms with van der Waals surface area (Å²) in [6, 6.07) is -0.146. The van der Waals surface area contributed by atoms with Crippen LogP contribution >= 0.6 is 0 Å². The molecule has 5 heteroatoms. The van der Waals surface area contributed by atoms with Crippen molar-refractivity contribution >= 4 is 11.9 Å². The number of esters is 1. The third kappa shape index (κ3) is 3.70. The predicted molar refractivity (Wildman–Crippen MR) is 69.1 cm³/mol. The SMILES string of the molecule is COC(=O)CN(C(C)C)C(C)C(=O)N1CCCC1. The molecule has 1 fully saturated rings. The summed E-state index contributed by atoms with van der Waals surface area (Å²) in [5.74, 6) is -0.185. The Labute approximate surface area is 109 Å². The summed E-state index contributed by atoms with van der Waals surface area (Å²) in [4.78, 5) is 27.4. The number of carbonyl (C=O) groups is 2. The van der Waals surface area contributed by atoms with Crippen molar-refractivity contribution in [1.29, 1.82) is 0 Å². The Hall–Kier alpha value is -1.10. The van der Waals surface area contributed by atoms with Gasteiger partial charge in [-0.2, -0.15) is 0 Å². The Morgan fingerprint density at radius 2 is 1.78 bits per heavy atom. The molecule has 0 aromatic carbocycles. The molecule has 1 aliphatic heterocycles. The Morgan fingerprint density at radius 3 is 2.22 bits per heavy atom. The number of carbonyl (C=O) groups excluding carboxylic acids is 2. The highest BCUT2D eigenvalue weighted by Crippen LogP contribution is 2.14. The molecule has 5 nitrogen and oxygen atoms in total. The molecule has 1 unspecified atom stereocenters. The van der Waals surface area contributed by atoms with Crippen molar-refractivity contribution < 1.29 is 14.3 Å². The lowest BCUT2D eigenvalue weighted by Crippen LogP contribution is -2.50. The molecular weight excluding hydrogens is 232 g/mol. The zero-order valence-corrected chi connectivity index (χ0v) is 11.8. The van der Waals surface area contributed by atoms with Gasteiger partial charge in [0, 0.05) is 19.1 Å². The molecule has 18 heavy (non-hydrogen) atoms. The fourth-order valence-corrected chi connectivity index (χ4v) is 2.32. The zero-order chi connectivity index (χ0) is 13.7. The van der Waals surface area contributed by atoms with E-state index >= 15 is 0 Å². The van der Waals surface area contributed by atoms with Gasteiger partial charge in [0.2, 0.25) is 5.91 Å². The lowest BCUT2D eigenvalue weighted by molar-refractivity contribution is -0.145. The summed E-state index contributed by atoms with van der Waals surface area (Å²) >= 11 is 0. The predicted octanol–water partition coefficient (Wildman–Crippen LogP) is 0.881. The topological polar surface area (TPSA) is 49.9 Å². The highest BCUT2D eigenvalue weighted by Gasteiger charge is 2.30. The van der Waals surface area contributed by atoms with E-state index in [1.807, 2.05) is 30.6 Å². The molecule has 1 amide bonds. The van der Waals surface area contributed by atoms with Gasteiger partial charge in [0.15, 0.2) is 0 Å². The van der Waals surface area contributed by atoms with E-state index in [0.29, 0.717) is 0 Å². The molecule has 104 valence electrons. The van der Waals surface area contributed by atoms with Crippen LogP contribution in [-0.2, 0) is 14.3 Å². The number of ether oxygens (including phenoxy) is 1. The van der Waals surface area contributed by atoms with Crippen molar-refractivity contribution in [3.63, 3.8) is 0 Å². The number of hydrogen-bond acceptors (Lipinski definition) is 4. The maximum absolute atomic E-state index is 12.3. The van der Waals surface area contributed by atoms with E-state index in [0.717, 1.165) is 25.9 Å². The van der Waals surface area contributed by atoms with E-state index in [-0.39, 0.29) is 30.5 Å². The van der Waals surface area contributed by atoms with Crippen LogP contribution in [0.5, 0.6) is 0 Å². The van der Waals surface area contributed by atoms with E-state index in [1.165, 1.54) is 7.11 Å². The van der Waals surface area contributed by atoms with Crippen LogP contribution < -0.4 is 0 Å². The van der Waals surface area contributed by atoms with Crippen LogP contribution in [0, 0.1) is 0 Å². The fraction of sp³-hybridized carbons (Fsp3) is 0.846. The van der Waals surface area contributed by atoms with E-state index in [1.54, 1.807) is 0 Å². The highest BCUT2D eigenvalue weighted by molar-refractivity contribution is 5.82. The normalized spacial score (nSPS) is 17.3. The Kier molecular flexibility index (Phi) is 5.59. The third-order valence-corrected chi connectivity index (χ3v) is 3.48. The first-order valence-corrected chi connectivity index (χ1v) is 6.58. The van der Waals surface area contributed by atoms with Crippen molar-refractivity contribution in [2.75, 3.05) is 26.7 Å². The second-order valence-electron chi connectivity index (χ2n) is 5.05. The van der Waals surface area contributed by atoms with Gasteiger partial charge in [0.05, 0.1) is 19.7 Å². The van der Waals surface area contributed by atoms with Gasteiger partial charge in [-0.1, -0.05) is 0 Å². The van der Waals surface area contributed by atoms with E-state index < -0.39 is 0 Å². The van der Waals surface area contributed by atoms with Crippen LogP contribution in [0.4, 0.5) is 0 Å². The van der Waals surface area contributed by atoms with Crippen LogP contribution in [0.15, 0.2) is 0 Å². The number of rotatable bonds is 5. The quantitative estimate of drug-likeness (QED) is 0.685. The molecule has 1 heterocycles. The summed E-state index contributed by atoms with van der Waals surface area (Å²) in [7, 11) is 1.37. The highest BCUT2D eigenvalue weighted by atomic mass is 16.5. The maximum atomic E-state index is 12.3.